The van der Waals surface area contributed by atoms with Crippen LogP contribution in [0, 0.1) is 6.92 Å². The Kier molecular flexibility index (Phi) is 2.88. The third-order valence-corrected chi connectivity index (χ3v) is 3.80. The summed E-state index contributed by atoms with van der Waals surface area (Å²) < 4.78 is 0.766. The lowest BCUT2D eigenvalue weighted by molar-refractivity contribution is 0.839. The van der Waals surface area contributed by atoms with E-state index < -0.39 is 0 Å². The van der Waals surface area contributed by atoms with Gasteiger partial charge in [-0.1, -0.05) is 11.6 Å². The van der Waals surface area contributed by atoms with E-state index in [2.05, 4.69) is 4.98 Å². The van der Waals surface area contributed by atoms with Crippen molar-refractivity contribution in [3.8, 4) is 0 Å². The van der Waals surface area contributed by atoms with Gasteiger partial charge < -0.3 is 5.73 Å². The molecule has 0 saturated carbocycles. The molecular weight excluding hydrogens is 236 g/mol. The number of rotatable bonds is 2. The molecule has 2 N–H and O–H groups in total. The van der Waals surface area contributed by atoms with E-state index in [1.807, 2.05) is 23.8 Å². The Labute approximate surface area is 95.4 Å². The molecule has 1 atom stereocenters. The fourth-order valence-electron chi connectivity index (χ4n) is 1.18. The van der Waals surface area contributed by atoms with Crippen molar-refractivity contribution in [1.29, 1.82) is 0 Å². The average Bonchev–Trinajstić information content (AvgIpc) is 2.73. The van der Waals surface area contributed by atoms with Gasteiger partial charge in [0.05, 0.1) is 21.1 Å². The van der Waals surface area contributed by atoms with Crippen molar-refractivity contribution < 1.29 is 0 Å². The van der Waals surface area contributed by atoms with E-state index in [4.69, 9.17) is 17.3 Å². The number of aryl methyl sites for hydroxylation is 1. The van der Waals surface area contributed by atoms with Gasteiger partial charge in [0.1, 0.15) is 0 Å². The number of halogens is 1. The summed E-state index contributed by atoms with van der Waals surface area (Å²) >= 11 is 8.95. The molecule has 2 nitrogen and oxygen atoms in total. The van der Waals surface area contributed by atoms with Gasteiger partial charge in [0.2, 0.25) is 0 Å². The molecular formula is C9H9ClN2S2. The fraction of sp³-hybridized carbons (Fsp3) is 0.222. The van der Waals surface area contributed by atoms with E-state index in [1.54, 1.807) is 11.3 Å². The largest absolute Gasteiger partial charge is 0.319 e. The summed E-state index contributed by atoms with van der Waals surface area (Å²) in [5, 5.41) is 5.00. The second-order valence-electron chi connectivity index (χ2n) is 2.95. The monoisotopic (exact) mass is 244 g/mol. The minimum Gasteiger partial charge on any atom is -0.319 e. The van der Waals surface area contributed by atoms with Crippen molar-refractivity contribution in [1.82, 2.24) is 4.98 Å². The molecule has 0 aliphatic carbocycles. The van der Waals surface area contributed by atoms with Crippen LogP contribution in [0.3, 0.4) is 0 Å². The van der Waals surface area contributed by atoms with Crippen molar-refractivity contribution in [2.45, 2.75) is 13.0 Å². The lowest BCUT2D eigenvalue weighted by Gasteiger charge is -2.05. The average molecular weight is 245 g/mol. The van der Waals surface area contributed by atoms with Crippen LogP contribution >= 0.6 is 34.3 Å². The Hall–Kier alpha value is -0.420. The maximum absolute atomic E-state index is 6.04. The molecule has 14 heavy (non-hydrogen) atoms. The highest BCUT2D eigenvalue weighted by Crippen LogP contribution is 2.27. The van der Waals surface area contributed by atoms with Gasteiger partial charge in [-0.2, -0.15) is 0 Å². The number of thiazole rings is 1. The van der Waals surface area contributed by atoms with Crippen LogP contribution in [0.4, 0.5) is 0 Å². The number of thiophene rings is 1. The third kappa shape index (κ3) is 1.98. The van der Waals surface area contributed by atoms with Crippen molar-refractivity contribution in [3.63, 3.8) is 0 Å². The zero-order chi connectivity index (χ0) is 10.1. The summed E-state index contributed by atoms with van der Waals surface area (Å²) in [4.78, 5) is 4.35. The van der Waals surface area contributed by atoms with Crippen LogP contribution in [0.5, 0.6) is 0 Å². The van der Waals surface area contributed by atoms with E-state index >= 15 is 0 Å². The van der Waals surface area contributed by atoms with Crippen LogP contribution in [-0.2, 0) is 0 Å². The van der Waals surface area contributed by atoms with Crippen molar-refractivity contribution in [3.05, 3.63) is 37.4 Å². The predicted octanol–water partition coefficient (Wildman–Crippen LogP) is 3.21. The predicted molar refractivity (Wildman–Crippen MR) is 62.2 cm³/mol. The molecule has 2 aromatic heterocycles. The molecule has 0 bridgehead atoms. The first-order chi connectivity index (χ1) is 6.66. The molecule has 0 amide bonds. The van der Waals surface area contributed by atoms with Crippen LogP contribution in [0.15, 0.2) is 16.8 Å². The fourth-order valence-corrected chi connectivity index (χ4v) is 2.76. The van der Waals surface area contributed by atoms with E-state index in [-0.39, 0.29) is 6.04 Å². The maximum atomic E-state index is 6.04. The molecule has 2 aromatic rings. The van der Waals surface area contributed by atoms with Gasteiger partial charge in [0.25, 0.3) is 0 Å². The van der Waals surface area contributed by atoms with Crippen LogP contribution in [0.25, 0.3) is 0 Å². The first-order valence-electron chi connectivity index (χ1n) is 4.08. The minimum atomic E-state index is -0.149. The first-order valence-corrected chi connectivity index (χ1v) is 6.22. The molecule has 0 aliphatic heterocycles. The summed E-state index contributed by atoms with van der Waals surface area (Å²) in [6, 6.07) is 1.75. The van der Waals surface area contributed by atoms with Crippen molar-refractivity contribution >= 4 is 34.3 Å². The van der Waals surface area contributed by atoms with Crippen molar-refractivity contribution in [2.75, 3.05) is 0 Å². The molecule has 2 heterocycles. The highest BCUT2D eigenvalue weighted by atomic mass is 35.5. The van der Waals surface area contributed by atoms with E-state index in [9.17, 15) is 0 Å². The van der Waals surface area contributed by atoms with Crippen molar-refractivity contribution in [2.24, 2.45) is 5.73 Å². The van der Waals surface area contributed by atoms with Gasteiger partial charge in [-0.15, -0.1) is 22.7 Å². The Balaban J connectivity index is 2.28. The SMILES string of the molecule is Cc1nc(C(N)c2csc(Cl)c2)cs1. The molecule has 0 saturated heterocycles. The van der Waals surface area contributed by atoms with E-state index in [1.165, 1.54) is 11.3 Å². The number of aromatic nitrogens is 1. The molecule has 2 rings (SSSR count). The van der Waals surface area contributed by atoms with Gasteiger partial charge in [0.15, 0.2) is 0 Å². The third-order valence-electron chi connectivity index (χ3n) is 1.90. The molecule has 0 spiro atoms. The number of nitrogens with zero attached hydrogens (tertiary/aromatic N) is 1. The molecule has 74 valence electrons. The maximum Gasteiger partial charge on any atom is 0.0931 e. The smallest absolute Gasteiger partial charge is 0.0931 e. The van der Waals surface area contributed by atoms with Gasteiger partial charge in [0, 0.05) is 5.38 Å². The summed E-state index contributed by atoms with van der Waals surface area (Å²) in [5.74, 6) is 0. The Bertz CT molecular complexity index is 395. The quantitative estimate of drug-likeness (QED) is 0.881. The van der Waals surface area contributed by atoms with Gasteiger partial charge in [-0.25, -0.2) is 4.98 Å². The molecule has 1 unspecified atom stereocenters. The first kappa shape index (κ1) is 10.1. The highest BCUT2D eigenvalue weighted by Gasteiger charge is 2.13. The van der Waals surface area contributed by atoms with Gasteiger partial charge in [-0.3, -0.25) is 0 Å². The topological polar surface area (TPSA) is 38.9 Å². The number of nitrogens with two attached hydrogens (primary N) is 1. The minimum absolute atomic E-state index is 0.149. The summed E-state index contributed by atoms with van der Waals surface area (Å²) in [7, 11) is 0. The number of hydrogen-bond donors (Lipinski definition) is 1. The summed E-state index contributed by atoms with van der Waals surface area (Å²) in [5.41, 5.74) is 7.99. The molecule has 0 aliphatic rings. The Morgan fingerprint density at radius 2 is 2.21 bits per heavy atom. The Morgan fingerprint density at radius 1 is 1.43 bits per heavy atom. The van der Waals surface area contributed by atoms with Gasteiger partial charge >= 0.3 is 0 Å². The van der Waals surface area contributed by atoms with Gasteiger partial charge in [-0.05, 0) is 23.9 Å². The lowest BCUT2D eigenvalue weighted by Crippen LogP contribution is -2.11. The Morgan fingerprint density at radius 3 is 2.71 bits per heavy atom. The standard InChI is InChI=1S/C9H9ClN2S2/c1-5-12-7(4-13-5)9(11)6-2-8(10)14-3-6/h2-4,9H,11H2,1H3. The zero-order valence-corrected chi connectivity index (χ0v) is 9.92. The second-order valence-corrected chi connectivity index (χ2v) is 5.56. The second kappa shape index (κ2) is 3.98. The van der Waals surface area contributed by atoms with Crippen LogP contribution < -0.4 is 5.73 Å². The highest BCUT2D eigenvalue weighted by molar-refractivity contribution is 7.14. The van der Waals surface area contributed by atoms with Crippen LogP contribution in [-0.4, -0.2) is 4.98 Å². The summed E-state index contributed by atoms with van der Waals surface area (Å²) in [6.45, 7) is 1.97. The van der Waals surface area contributed by atoms with E-state index in [0.717, 1.165) is 20.6 Å². The van der Waals surface area contributed by atoms with Crippen LogP contribution in [0.1, 0.15) is 22.3 Å². The molecule has 0 radical (unpaired) electrons. The molecule has 0 fully saturated rings. The normalized spacial score (nSPS) is 13.1. The lowest BCUT2D eigenvalue weighted by atomic mass is 10.1. The summed E-state index contributed by atoms with van der Waals surface area (Å²) in [6.07, 6.45) is 0. The van der Waals surface area contributed by atoms with Crippen LogP contribution in [0.2, 0.25) is 4.34 Å². The van der Waals surface area contributed by atoms with E-state index in [0.29, 0.717) is 0 Å². The molecule has 0 aromatic carbocycles. The molecule has 5 heteroatoms. The zero-order valence-electron chi connectivity index (χ0n) is 7.53. The number of hydrogen-bond acceptors (Lipinski definition) is 4.